The van der Waals surface area contributed by atoms with Crippen molar-refractivity contribution < 1.29 is 19.0 Å². The van der Waals surface area contributed by atoms with E-state index >= 15 is 0 Å². The molecule has 0 amide bonds. The van der Waals surface area contributed by atoms with Gasteiger partial charge in [-0.25, -0.2) is 0 Å². The van der Waals surface area contributed by atoms with Crippen molar-refractivity contribution in [2.45, 2.75) is 12.8 Å². The lowest BCUT2D eigenvalue weighted by molar-refractivity contribution is -0.134. The highest BCUT2D eigenvalue weighted by molar-refractivity contribution is 5.83. The Morgan fingerprint density at radius 2 is 2.00 bits per heavy atom. The van der Waals surface area contributed by atoms with Crippen molar-refractivity contribution in [3.63, 3.8) is 0 Å². The summed E-state index contributed by atoms with van der Waals surface area (Å²) in [6, 6.07) is 13.2. The van der Waals surface area contributed by atoms with E-state index < -0.39 is 0 Å². The van der Waals surface area contributed by atoms with Crippen molar-refractivity contribution >= 4 is 16.9 Å². The molecule has 5 nitrogen and oxygen atoms in total. The lowest BCUT2D eigenvalue weighted by Crippen LogP contribution is -2.08. The molecule has 2 heterocycles. The van der Waals surface area contributed by atoms with Crippen molar-refractivity contribution in [3.8, 4) is 17.2 Å². The van der Waals surface area contributed by atoms with Gasteiger partial charge in [0.15, 0.2) is 11.5 Å². The quantitative estimate of drug-likeness (QED) is 0.592. The topological polar surface area (TPSA) is 60.6 Å². The zero-order valence-electron chi connectivity index (χ0n) is 12.4. The van der Waals surface area contributed by atoms with Crippen LogP contribution in [0.15, 0.2) is 48.7 Å². The number of nitrogens with one attached hydrogen (secondary N) is 1. The molecule has 0 aliphatic carbocycles. The highest BCUT2D eigenvalue weighted by atomic mass is 16.7. The van der Waals surface area contributed by atoms with E-state index in [1.807, 2.05) is 30.5 Å². The van der Waals surface area contributed by atoms with Gasteiger partial charge in [0.1, 0.15) is 5.75 Å². The molecule has 1 aliphatic rings. The molecule has 23 heavy (non-hydrogen) atoms. The van der Waals surface area contributed by atoms with Crippen LogP contribution in [0.25, 0.3) is 10.9 Å². The third-order valence-corrected chi connectivity index (χ3v) is 3.85. The smallest absolute Gasteiger partial charge is 0.311 e. The molecule has 2 aromatic carbocycles. The van der Waals surface area contributed by atoms with Crippen molar-refractivity contribution in [1.29, 1.82) is 0 Å². The maximum absolute atomic E-state index is 12.0. The van der Waals surface area contributed by atoms with Crippen LogP contribution in [0.1, 0.15) is 12.0 Å². The van der Waals surface area contributed by atoms with Crippen LogP contribution < -0.4 is 14.2 Å². The first-order chi connectivity index (χ1) is 11.3. The average Bonchev–Trinajstić information content (AvgIpc) is 3.19. The molecule has 0 atom stereocenters. The number of esters is 1. The van der Waals surface area contributed by atoms with E-state index in [9.17, 15) is 4.79 Å². The molecule has 0 saturated carbocycles. The van der Waals surface area contributed by atoms with Gasteiger partial charge in [-0.2, -0.15) is 0 Å². The van der Waals surface area contributed by atoms with Gasteiger partial charge < -0.3 is 19.2 Å². The van der Waals surface area contributed by atoms with Crippen LogP contribution in [-0.4, -0.2) is 17.7 Å². The fourth-order valence-electron chi connectivity index (χ4n) is 2.70. The van der Waals surface area contributed by atoms with Crippen LogP contribution >= 0.6 is 0 Å². The van der Waals surface area contributed by atoms with Crippen molar-refractivity contribution in [2.24, 2.45) is 0 Å². The minimum Gasteiger partial charge on any atom is -0.454 e. The maximum Gasteiger partial charge on any atom is 0.311 e. The standard InChI is InChI=1S/C18H15NO4/c20-18(23-13-6-7-16-17(9-13)22-11-21-16)8-5-12-10-19-15-4-2-1-3-14(12)15/h1-4,6-7,9-10,19H,5,8,11H2. The van der Waals surface area contributed by atoms with Gasteiger partial charge in [0.25, 0.3) is 0 Å². The second-order valence-corrected chi connectivity index (χ2v) is 5.35. The Labute approximate surface area is 132 Å². The molecule has 4 rings (SSSR count). The molecular formula is C18H15NO4. The predicted octanol–water partition coefficient (Wildman–Crippen LogP) is 3.43. The number of rotatable bonds is 4. The van der Waals surface area contributed by atoms with Gasteiger partial charge in [0, 0.05) is 23.2 Å². The molecule has 0 fully saturated rings. The van der Waals surface area contributed by atoms with Gasteiger partial charge in [0.05, 0.1) is 6.42 Å². The van der Waals surface area contributed by atoms with Gasteiger partial charge in [-0.15, -0.1) is 0 Å². The van der Waals surface area contributed by atoms with E-state index in [2.05, 4.69) is 4.98 Å². The number of benzene rings is 2. The van der Waals surface area contributed by atoms with E-state index in [0.29, 0.717) is 30.1 Å². The molecule has 0 unspecified atom stereocenters. The van der Waals surface area contributed by atoms with Crippen molar-refractivity contribution in [1.82, 2.24) is 4.98 Å². The Kier molecular flexibility index (Phi) is 3.38. The number of aryl methyl sites for hydroxylation is 1. The summed E-state index contributed by atoms with van der Waals surface area (Å²) < 4.78 is 15.9. The van der Waals surface area contributed by atoms with Crippen LogP contribution in [0.5, 0.6) is 17.2 Å². The first-order valence-electron chi connectivity index (χ1n) is 7.45. The number of carbonyl (C=O) groups is 1. The van der Waals surface area contributed by atoms with Gasteiger partial charge in [-0.1, -0.05) is 18.2 Å². The zero-order valence-corrected chi connectivity index (χ0v) is 12.4. The number of aromatic nitrogens is 1. The van der Waals surface area contributed by atoms with Crippen molar-refractivity contribution in [2.75, 3.05) is 6.79 Å². The molecule has 0 radical (unpaired) electrons. The summed E-state index contributed by atoms with van der Waals surface area (Å²) in [5.41, 5.74) is 2.19. The molecule has 1 aromatic heterocycles. The normalized spacial score (nSPS) is 12.5. The second kappa shape index (κ2) is 5.68. The highest BCUT2D eigenvalue weighted by Crippen LogP contribution is 2.35. The largest absolute Gasteiger partial charge is 0.454 e. The van der Waals surface area contributed by atoms with Gasteiger partial charge >= 0.3 is 5.97 Å². The summed E-state index contributed by atoms with van der Waals surface area (Å²) in [6.45, 7) is 0.202. The minimum absolute atomic E-state index is 0.202. The molecule has 116 valence electrons. The lowest BCUT2D eigenvalue weighted by atomic mass is 10.1. The third-order valence-electron chi connectivity index (χ3n) is 3.85. The number of H-pyrrole nitrogens is 1. The Balaban J connectivity index is 1.40. The first kappa shape index (κ1) is 13.7. The first-order valence-corrected chi connectivity index (χ1v) is 7.45. The maximum atomic E-state index is 12.0. The van der Waals surface area contributed by atoms with Crippen LogP contribution in [0.4, 0.5) is 0 Å². The number of aromatic amines is 1. The summed E-state index contributed by atoms with van der Waals surface area (Å²) in [7, 11) is 0. The van der Waals surface area contributed by atoms with E-state index in [0.717, 1.165) is 16.5 Å². The molecule has 0 saturated heterocycles. The van der Waals surface area contributed by atoms with Gasteiger partial charge in [0.2, 0.25) is 6.79 Å². The minimum atomic E-state index is -0.269. The van der Waals surface area contributed by atoms with Crippen LogP contribution in [0.2, 0.25) is 0 Å². The molecule has 0 spiro atoms. The summed E-state index contributed by atoms with van der Waals surface area (Å²) in [5, 5.41) is 1.14. The number of fused-ring (bicyclic) bond motifs is 2. The monoisotopic (exact) mass is 309 g/mol. The van der Waals surface area contributed by atoms with Crippen molar-refractivity contribution in [3.05, 3.63) is 54.2 Å². The Morgan fingerprint density at radius 3 is 2.96 bits per heavy atom. The number of para-hydroxylation sites is 1. The van der Waals surface area contributed by atoms with E-state index in [1.165, 1.54) is 0 Å². The molecule has 1 N–H and O–H groups in total. The Morgan fingerprint density at radius 1 is 1.13 bits per heavy atom. The number of carbonyl (C=O) groups excluding carboxylic acids is 1. The molecular weight excluding hydrogens is 294 g/mol. The van der Waals surface area contributed by atoms with Crippen LogP contribution in [-0.2, 0) is 11.2 Å². The Bertz CT molecular complexity index is 868. The molecule has 3 aromatic rings. The van der Waals surface area contributed by atoms with Gasteiger partial charge in [-0.05, 0) is 30.2 Å². The SMILES string of the molecule is O=C(CCc1c[nH]c2ccccc12)Oc1ccc2c(c1)OCO2. The van der Waals surface area contributed by atoms with E-state index in [-0.39, 0.29) is 12.8 Å². The fourth-order valence-corrected chi connectivity index (χ4v) is 2.70. The predicted molar refractivity (Wildman–Crippen MR) is 84.8 cm³/mol. The molecule has 5 heteroatoms. The molecule has 0 bridgehead atoms. The summed E-state index contributed by atoms with van der Waals surface area (Å²) in [6.07, 6.45) is 2.89. The highest BCUT2D eigenvalue weighted by Gasteiger charge is 2.15. The summed E-state index contributed by atoms with van der Waals surface area (Å²) in [5.74, 6) is 1.47. The number of ether oxygens (including phenoxy) is 3. The van der Waals surface area contributed by atoms with Crippen LogP contribution in [0, 0.1) is 0 Å². The van der Waals surface area contributed by atoms with E-state index in [4.69, 9.17) is 14.2 Å². The summed E-state index contributed by atoms with van der Waals surface area (Å²) in [4.78, 5) is 15.2. The number of hydrogen-bond donors (Lipinski definition) is 1. The Hall–Kier alpha value is -2.95. The van der Waals surface area contributed by atoms with E-state index in [1.54, 1.807) is 18.2 Å². The second-order valence-electron chi connectivity index (χ2n) is 5.35. The third kappa shape index (κ3) is 2.73. The fraction of sp³-hybridized carbons (Fsp3) is 0.167. The van der Waals surface area contributed by atoms with Crippen LogP contribution in [0.3, 0.4) is 0 Å². The zero-order chi connectivity index (χ0) is 15.6. The summed E-state index contributed by atoms with van der Waals surface area (Å²) >= 11 is 0. The average molecular weight is 309 g/mol. The molecule has 1 aliphatic heterocycles. The van der Waals surface area contributed by atoms with Gasteiger partial charge in [-0.3, -0.25) is 4.79 Å². The lowest BCUT2D eigenvalue weighted by Gasteiger charge is -2.05. The number of hydrogen-bond acceptors (Lipinski definition) is 4.